The van der Waals surface area contributed by atoms with Gasteiger partial charge in [0, 0.05) is 17.6 Å². The number of benzene rings is 1. The van der Waals surface area contributed by atoms with E-state index in [4.69, 9.17) is 0 Å². The number of aromatic nitrogens is 2. The van der Waals surface area contributed by atoms with Crippen LogP contribution in [0, 0.1) is 5.82 Å². The van der Waals surface area contributed by atoms with E-state index in [0.29, 0.717) is 25.7 Å². The Morgan fingerprint density at radius 2 is 1.69 bits per heavy atom. The molecule has 0 spiro atoms. The summed E-state index contributed by atoms with van der Waals surface area (Å²) < 4.78 is 79.6. The third-order valence-corrected chi connectivity index (χ3v) is 8.12. The van der Waals surface area contributed by atoms with Crippen molar-refractivity contribution < 1.29 is 26.0 Å². The zero-order chi connectivity index (χ0) is 21.7. The molecular weight excluding hydrogens is 484 g/mol. The summed E-state index contributed by atoms with van der Waals surface area (Å²) in [5.74, 6) is -1.14. The highest BCUT2D eigenvalue weighted by atomic mass is 79.9. The van der Waals surface area contributed by atoms with E-state index in [2.05, 4.69) is 15.9 Å². The maximum absolute atomic E-state index is 14.6. The van der Waals surface area contributed by atoms with E-state index in [1.807, 2.05) is 0 Å². The normalized spacial score (nSPS) is 15.8. The minimum absolute atomic E-state index is 0.0950. The monoisotopic (exact) mass is 498 g/mol. The quantitative estimate of drug-likeness (QED) is 0.481. The molecule has 1 heterocycles. The van der Waals surface area contributed by atoms with Gasteiger partial charge >= 0.3 is 11.9 Å². The molecule has 0 saturated heterocycles. The maximum Gasteiger partial charge on any atom is 0.431 e. The second kappa shape index (κ2) is 7.38. The van der Waals surface area contributed by atoms with Crippen molar-refractivity contribution in [2.75, 3.05) is 0 Å². The summed E-state index contributed by atoms with van der Waals surface area (Å²) in [5, 5.41) is -0.690. The molecule has 29 heavy (non-hydrogen) atoms. The first-order valence-electron chi connectivity index (χ1n) is 8.49. The Hall–Kier alpha value is -1.95. The third-order valence-electron chi connectivity index (χ3n) is 4.90. The Balaban J connectivity index is 2.28. The smallest absolute Gasteiger partial charge is 0.292 e. The fourth-order valence-electron chi connectivity index (χ4n) is 3.41. The highest BCUT2D eigenvalue weighted by Crippen LogP contribution is 2.35. The molecule has 0 radical (unpaired) electrons. The fraction of sp³-hybridized carbons (Fsp3) is 0.412. The number of nitrogens with zero attached hydrogens (tertiary/aromatic N) is 2. The minimum Gasteiger partial charge on any atom is -0.292 e. The molecule has 1 aromatic heterocycles. The van der Waals surface area contributed by atoms with E-state index < -0.39 is 49.7 Å². The lowest BCUT2D eigenvalue weighted by Crippen LogP contribution is -2.41. The van der Waals surface area contributed by atoms with Gasteiger partial charge in [-0.3, -0.25) is 9.36 Å². The lowest BCUT2D eigenvalue weighted by Gasteiger charge is -2.17. The molecule has 2 aromatic rings. The van der Waals surface area contributed by atoms with Crippen LogP contribution in [-0.2, 0) is 23.1 Å². The Morgan fingerprint density at radius 1 is 1.10 bits per heavy atom. The standard InChI is InChI=1S/C17H15BrF4N2O4S/c1-23-14(17(20,21)22)8-15(25)24(16(23)26)12-7-13(10(18)6-11(12)19)29(27,28)9-4-2-3-5-9/h6-9H,2-5H2,1H3. The van der Waals surface area contributed by atoms with Crippen molar-refractivity contribution in [1.82, 2.24) is 9.13 Å². The summed E-state index contributed by atoms with van der Waals surface area (Å²) in [6.45, 7) is 0. The van der Waals surface area contributed by atoms with E-state index in [1.54, 1.807) is 0 Å². The lowest BCUT2D eigenvalue weighted by atomic mass is 10.3. The van der Waals surface area contributed by atoms with Gasteiger partial charge in [0.05, 0.1) is 15.8 Å². The molecule has 12 heteroatoms. The van der Waals surface area contributed by atoms with Gasteiger partial charge in [-0.05, 0) is 40.9 Å². The second-order valence-electron chi connectivity index (χ2n) is 6.73. The molecule has 1 aromatic carbocycles. The highest BCUT2D eigenvalue weighted by Gasteiger charge is 2.36. The average molecular weight is 499 g/mol. The van der Waals surface area contributed by atoms with Crippen LogP contribution in [0.25, 0.3) is 5.69 Å². The first-order valence-corrected chi connectivity index (χ1v) is 10.8. The fourth-order valence-corrected chi connectivity index (χ4v) is 6.32. The van der Waals surface area contributed by atoms with Gasteiger partial charge in [0.2, 0.25) is 0 Å². The van der Waals surface area contributed by atoms with Crippen LogP contribution in [-0.4, -0.2) is 22.8 Å². The lowest BCUT2D eigenvalue weighted by molar-refractivity contribution is -0.144. The van der Waals surface area contributed by atoms with Crippen molar-refractivity contribution >= 4 is 25.8 Å². The molecule has 0 atom stereocenters. The number of halogens is 5. The summed E-state index contributed by atoms with van der Waals surface area (Å²) in [7, 11) is -3.12. The summed E-state index contributed by atoms with van der Waals surface area (Å²) in [5.41, 5.74) is -5.11. The number of hydrogen-bond acceptors (Lipinski definition) is 4. The molecule has 0 aliphatic heterocycles. The van der Waals surface area contributed by atoms with Gasteiger partial charge in [-0.25, -0.2) is 22.2 Å². The van der Waals surface area contributed by atoms with Crippen LogP contribution in [0.15, 0.2) is 37.2 Å². The van der Waals surface area contributed by atoms with Gasteiger partial charge in [0.15, 0.2) is 9.84 Å². The second-order valence-corrected chi connectivity index (χ2v) is 9.78. The molecule has 3 rings (SSSR count). The van der Waals surface area contributed by atoms with E-state index in [0.717, 1.165) is 19.2 Å². The van der Waals surface area contributed by atoms with Gasteiger partial charge in [-0.2, -0.15) is 13.2 Å². The Bertz CT molecular complexity index is 1200. The zero-order valence-electron chi connectivity index (χ0n) is 15.0. The van der Waals surface area contributed by atoms with Crippen molar-refractivity contribution in [1.29, 1.82) is 0 Å². The largest absolute Gasteiger partial charge is 0.431 e. The molecular formula is C17H15BrF4N2O4S. The summed E-state index contributed by atoms with van der Waals surface area (Å²) >= 11 is 2.99. The van der Waals surface area contributed by atoms with Crippen molar-refractivity contribution in [3.05, 3.63) is 55.0 Å². The number of sulfone groups is 1. The van der Waals surface area contributed by atoms with Crippen molar-refractivity contribution in [2.24, 2.45) is 7.05 Å². The van der Waals surface area contributed by atoms with Gasteiger partial charge < -0.3 is 0 Å². The van der Waals surface area contributed by atoms with Crippen LogP contribution < -0.4 is 11.2 Å². The van der Waals surface area contributed by atoms with Crippen LogP contribution in [0.4, 0.5) is 17.6 Å². The molecule has 1 saturated carbocycles. The summed E-state index contributed by atoms with van der Waals surface area (Å²) in [4.78, 5) is 24.3. The predicted octanol–water partition coefficient (Wildman–Crippen LogP) is 3.17. The highest BCUT2D eigenvalue weighted by molar-refractivity contribution is 9.10. The zero-order valence-corrected chi connectivity index (χ0v) is 17.4. The molecule has 0 N–H and O–H groups in total. The van der Waals surface area contributed by atoms with Crippen LogP contribution in [0.5, 0.6) is 0 Å². The Labute approximate surface area is 170 Å². The maximum atomic E-state index is 14.6. The molecule has 6 nitrogen and oxygen atoms in total. The number of hydrogen-bond donors (Lipinski definition) is 0. The molecule has 1 aliphatic carbocycles. The molecule has 0 unspecified atom stereocenters. The van der Waals surface area contributed by atoms with Crippen molar-refractivity contribution in [3.8, 4) is 5.69 Å². The molecule has 1 aliphatic rings. The van der Waals surface area contributed by atoms with Gasteiger partial charge in [-0.15, -0.1) is 0 Å². The van der Waals surface area contributed by atoms with Crippen molar-refractivity contribution in [3.63, 3.8) is 0 Å². The van der Waals surface area contributed by atoms with Gasteiger partial charge in [0.25, 0.3) is 5.56 Å². The Kier molecular flexibility index (Phi) is 5.54. The van der Waals surface area contributed by atoms with Gasteiger partial charge in [0.1, 0.15) is 11.5 Å². The molecule has 158 valence electrons. The van der Waals surface area contributed by atoms with Crippen LogP contribution in [0.1, 0.15) is 31.4 Å². The predicted molar refractivity (Wildman–Crippen MR) is 99.4 cm³/mol. The minimum atomic E-state index is -4.97. The number of alkyl halides is 3. The topological polar surface area (TPSA) is 78.1 Å². The molecule has 1 fully saturated rings. The molecule has 0 amide bonds. The van der Waals surface area contributed by atoms with Gasteiger partial charge in [-0.1, -0.05) is 12.8 Å². The van der Waals surface area contributed by atoms with E-state index >= 15 is 0 Å². The average Bonchev–Trinajstić information content (AvgIpc) is 3.14. The third kappa shape index (κ3) is 3.79. The van der Waals surface area contributed by atoms with E-state index in [1.165, 1.54) is 0 Å². The SMILES string of the molecule is Cn1c(C(F)(F)F)cc(=O)n(-c2cc(S(=O)(=O)C3CCCC3)c(Br)cc2F)c1=O. The van der Waals surface area contributed by atoms with E-state index in [9.17, 15) is 35.6 Å². The Morgan fingerprint density at radius 3 is 2.24 bits per heavy atom. The van der Waals surface area contributed by atoms with Crippen LogP contribution in [0.3, 0.4) is 0 Å². The van der Waals surface area contributed by atoms with Crippen molar-refractivity contribution in [2.45, 2.75) is 42.0 Å². The van der Waals surface area contributed by atoms with Crippen LogP contribution >= 0.6 is 15.9 Å². The van der Waals surface area contributed by atoms with E-state index in [-0.39, 0.29) is 24.6 Å². The molecule has 0 bridgehead atoms. The first kappa shape index (κ1) is 21.8. The summed E-state index contributed by atoms with van der Waals surface area (Å²) in [6.07, 6.45) is -2.70. The summed E-state index contributed by atoms with van der Waals surface area (Å²) in [6, 6.07) is 1.75. The number of rotatable bonds is 3. The van der Waals surface area contributed by atoms with Crippen LogP contribution in [0.2, 0.25) is 0 Å². The first-order chi connectivity index (χ1) is 13.4.